The molecule has 0 bridgehead atoms. The molecule has 0 unspecified atom stereocenters. The first-order valence-corrected chi connectivity index (χ1v) is 13.1. The molecule has 178 valence electrons. The van der Waals surface area contributed by atoms with E-state index < -0.39 is 6.04 Å². The van der Waals surface area contributed by atoms with Crippen LogP contribution >= 0.6 is 23.4 Å². The van der Waals surface area contributed by atoms with E-state index in [1.807, 2.05) is 79.7 Å². The molecule has 1 N–H and O–H groups in total. The van der Waals surface area contributed by atoms with E-state index in [4.69, 9.17) is 11.6 Å². The average molecular weight is 495 g/mol. The van der Waals surface area contributed by atoms with Crippen molar-refractivity contribution in [3.8, 4) is 0 Å². The smallest absolute Gasteiger partial charge is 0.243 e. The molecule has 1 atom stereocenters. The zero-order valence-corrected chi connectivity index (χ0v) is 21.0. The van der Waals surface area contributed by atoms with Crippen LogP contribution in [0.3, 0.4) is 0 Å². The van der Waals surface area contributed by atoms with Crippen LogP contribution in [0, 0.1) is 0 Å². The molecule has 0 spiro atoms. The molecular weight excluding hydrogens is 464 g/mol. The predicted molar refractivity (Wildman–Crippen MR) is 142 cm³/mol. The Labute approximate surface area is 211 Å². The number of hydrogen-bond acceptors (Lipinski definition) is 3. The van der Waals surface area contributed by atoms with Crippen LogP contribution in [0.25, 0.3) is 0 Å². The van der Waals surface area contributed by atoms with E-state index in [2.05, 4.69) is 17.4 Å². The highest BCUT2D eigenvalue weighted by Crippen LogP contribution is 2.20. The van der Waals surface area contributed by atoms with E-state index in [1.165, 1.54) is 5.56 Å². The van der Waals surface area contributed by atoms with E-state index in [-0.39, 0.29) is 11.8 Å². The van der Waals surface area contributed by atoms with Gasteiger partial charge in [0.2, 0.25) is 11.8 Å². The molecule has 0 fully saturated rings. The van der Waals surface area contributed by atoms with Crippen molar-refractivity contribution in [2.24, 2.45) is 0 Å². The monoisotopic (exact) mass is 494 g/mol. The fraction of sp³-hybridized carbons (Fsp3) is 0.286. The van der Waals surface area contributed by atoms with Gasteiger partial charge in [-0.25, -0.2) is 0 Å². The maximum absolute atomic E-state index is 13.5. The molecule has 3 aromatic rings. The molecule has 0 aromatic heterocycles. The van der Waals surface area contributed by atoms with Gasteiger partial charge in [-0.15, -0.1) is 11.8 Å². The van der Waals surface area contributed by atoms with Crippen molar-refractivity contribution >= 4 is 35.2 Å². The number of nitrogens with one attached hydrogen (secondary N) is 1. The predicted octanol–water partition coefficient (Wildman–Crippen LogP) is 5.74. The zero-order chi connectivity index (χ0) is 24.2. The standard InChI is InChI=1S/C28H31ClN2O2S/c1-2-16-30-28(33)26(18-22-10-5-3-6-11-22)31(19-24-14-9-15-25(29)17-24)27(32)21-34-20-23-12-7-4-8-13-23/h3-15,17,26H,2,16,18-21H2,1H3,(H,30,33)/t26-/m1/s1. The number of benzene rings is 3. The Balaban J connectivity index is 1.83. The zero-order valence-electron chi connectivity index (χ0n) is 19.5. The second kappa shape index (κ2) is 13.8. The quantitative estimate of drug-likeness (QED) is 0.349. The van der Waals surface area contributed by atoms with Crippen LogP contribution in [0.2, 0.25) is 5.02 Å². The Hall–Kier alpha value is -2.76. The lowest BCUT2D eigenvalue weighted by atomic mass is 10.0. The van der Waals surface area contributed by atoms with E-state index in [9.17, 15) is 9.59 Å². The van der Waals surface area contributed by atoms with Crippen molar-refractivity contribution < 1.29 is 9.59 Å². The third kappa shape index (κ3) is 8.23. The minimum absolute atomic E-state index is 0.0616. The summed E-state index contributed by atoms with van der Waals surface area (Å²) >= 11 is 7.77. The lowest BCUT2D eigenvalue weighted by Crippen LogP contribution is -2.51. The van der Waals surface area contributed by atoms with Gasteiger partial charge in [0, 0.05) is 30.3 Å². The fourth-order valence-corrected chi connectivity index (χ4v) is 4.75. The van der Waals surface area contributed by atoms with Crippen LogP contribution in [0.5, 0.6) is 0 Å². The maximum atomic E-state index is 13.5. The molecule has 0 aliphatic carbocycles. The molecule has 3 rings (SSSR count). The molecule has 2 amide bonds. The van der Waals surface area contributed by atoms with Gasteiger partial charge in [-0.2, -0.15) is 0 Å². The van der Waals surface area contributed by atoms with Crippen molar-refractivity contribution in [1.82, 2.24) is 10.2 Å². The first kappa shape index (κ1) is 25.9. The first-order chi connectivity index (χ1) is 16.6. The Morgan fingerprint density at radius 3 is 2.21 bits per heavy atom. The van der Waals surface area contributed by atoms with Gasteiger partial charge < -0.3 is 10.2 Å². The fourth-order valence-electron chi connectivity index (χ4n) is 3.67. The Kier molecular flexibility index (Phi) is 10.5. The number of rotatable bonds is 12. The van der Waals surface area contributed by atoms with Crippen molar-refractivity contribution in [3.63, 3.8) is 0 Å². The second-order valence-corrected chi connectivity index (χ2v) is 9.55. The van der Waals surface area contributed by atoms with Crippen LogP contribution in [0.4, 0.5) is 0 Å². The SMILES string of the molecule is CCCNC(=O)[C@@H](Cc1ccccc1)N(Cc1cccc(Cl)c1)C(=O)CSCc1ccccc1. The van der Waals surface area contributed by atoms with E-state index >= 15 is 0 Å². The van der Waals surface area contributed by atoms with Crippen LogP contribution in [-0.4, -0.2) is 35.1 Å². The van der Waals surface area contributed by atoms with Crippen molar-refractivity contribution in [3.05, 3.63) is 107 Å². The van der Waals surface area contributed by atoms with Crippen molar-refractivity contribution in [1.29, 1.82) is 0 Å². The molecular formula is C28H31ClN2O2S. The van der Waals surface area contributed by atoms with E-state index in [0.717, 1.165) is 23.3 Å². The van der Waals surface area contributed by atoms with Gasteiger partial charge in [0.1, 0.15) is 6.04 Å². The Morgan fingerprint density at radius 2 is 1.56 bits per heavy atom. The first-order valence-electron chi connectivity index (χ1n) is 11.5. The summed E-state index contributed by atoms with van der Waals surface area (Å²) in [5.74, 6) is 0.841. The summed E-state index contributed by atoms with van der Waals surface area (Å²) < 4.78 is 0. The molecule has 0 heterocycles. The summed E-state index contributed by atoms with van der Waals surface area (Å²) in [6.07, 6.45) is 1.28. The van der Waals surface area contributed by atoms with E-state index in [0.29, 0.717) is 30.3 Å². The molecule has 4 nitrogen and oxygen atoms in total. The number of carbonyl (C=O) groups is 2. The van der Waals surface area contributed by atoms with Gasteiger partial charge >= 0.3 is 0 Å². The number of carbonyl (C=O) groups excluding carboxylic acids is 2. The number of halogens is 1. The number of nitrogens with zero attached hydrogens (tertiary/aromatic N) is 1. The highest BCUT2D eigenvalue weighted by Gasteiger charge is 2.30. The van der Waals surface area contributed by atoms with Crippen molar-refractivity contribution in [2.75, 3.05) is 12.3 Å². The number of hydrogen-bond donors (Lipinski definition) is 1. The molecule has 6 heteroatoms. The third-order valence-corrected chi connectivity index (χ3v) is 6.62. The minimum Gasteiger partial charge on any atom is -0.354 e. The number of amides is 2. The minimum atomic E-state index is -0.613. The van der Waals surface area contributed by atoms with Gasteiger partial charge in [0.15, 0.2) is 0 Å². The largest absolute Gasteiger partial charge is 0.354 e. The van der Waals surface area contributed by atoms with Gasteiger partial charge in [-0.05, 0) is 35.2 Å². The highest BCUT2D eigenvalue weighted by molar-refractivity contribution is 7.99. The van der Waals surface area contributed by atoms with Crippen LogP contribution in [-0.2, 0) is 28.3 Å². The molecule has 0 aliphatic heterocycles. The molecule has 0 radical (unpaired) electrons. The molecule has 34 heavy (non-hydrogen) atoms. The molecule has 3 aromatic carbocycles. The summed E-state index contributed by atoms with van der Waals surface area (Å²) in [6.45, 7) is 2.91. The third-order valence-electron chi connectivity index (χ3n) is 5.40. The lowest BCUT2D eigenvalue weighted by Gasteiger charge is -2.31. The molecule has 0 aliphatic rings. The van der Waals surface area contributed by atoms with E-state index in [1.54, 1.807) is 16.7 Å². The molecule has 0 saturated heterocycles. The second-order valence-electron chi connectivity index (χ2n) is 8.13. The number of thioether (sulfide) groups is 1. The lowest BCUT2D eigenvalue weighted by molar-refractivity contribution is -0.139. The topological polar surface area (TPSA) is 49.4 Å². The van der Waals surface area contributed by atoms with Gasteiger partial charge in [0.25, 0.3) is 0 Å². The van der Waals surface area contributed by atoms with Crippen LogP contribution in [0.1, 0.15) is 30.0 Å². The Morgan fingerprint density at radius 1 is 0.912 bits per heavy atom. The Bertz CT molecular complexity index is 1050. The average Bonchev–Trinajstić information content (AvgIpc) is 2.86. The molecule has 0 saturated carbocycles. The summed E-state index contributed by atoms with van der Waals surface area (Å²) in [4.78, 5) is 28.5. The highest BCUT2D eigenvalue weighted by atomic mass is 35.5. The van der Waals surface area contributed by atoms with Gasteiger partial charge in [-0.1, -0.05) is 91.3 Å². The summed E-state index contributed by atoms with van der Waals surface area (Å²) in [5, 5.41) is 3.61. The van der Waals surface area contributed by atoms with Gasteiger partial charge in [0.05, 0.1) is 5.75 Å². The normalized spacial score (nSPS) is 11.6. The maximum Gasteiger partial charge on any atom is 0.243 e. The summed E-state index contributed by atoms with van der Waals surface area (Å²) in [5.41, 5.74) is 3.08. The van der Waals surface area contributed by atoms with Gasteiger partial charge in [-0.3, -0.25) is 9.59 Å². The van der Waals surface area contributed by atoms with Crippen LogP contribution in [0.15, 0.2) is 84.9 Å². The summed E-state index contributed by atoms with van der Waals surface area (Å²) in [7, 11) is 0. The van der Waals surface area contributed by atoms with Crippen molar-refractivity contribution in [2.45, 2.75) is 38.1 Å². The summed E-state index contributed by atoms with van der Waals surface area (Å²) in [6, 6.07) is 26.8. The van der Waals surface area contributed by atoms with Crippen LogP contribution < -0.4 is 5.32 Å².